The number of halogens is 2. The maximum absolute atomic E-state index is 12.5. The summed E-state index contributed by atoms with van der Waals surface area (Å²) in [6, 6.07) is 5.31. The molecule has 1 aliphatic carbocycles. The first-order valence-corrected chi connectivity index (χ1v) is 10.1. The van der Waals surface area contributed by atoms with E-state index in [4.69, 9.17) is 23.2 Å². The first-order valence-electron chi connectivity index (χ1n) is 9.33. The van der Waals surface area contributed by atoms with Crippen LogP contribution in [0, 0.1) is 5.92 Å². The quantitative estimate of drug-likeness (QED) is 0.776. The number of nitrogens with zero attached hydrogens (tertiary/aromatic N) is 1. The summed E-state index contributed by atoms with van der Waals surface area (Å²) in [4.78, 5) is 26.7. The van der Waals surface area contributed by atoms with Gasteiger partial charge in [-0.25, -0.2) is 4.79 Å². The number of likely N-dealkylation sites (tertiary alicyclic amines) is 1. The number of rotatable bonds is 3. The zero-order valence-electron chi connectivity index (χ0n) is 14.8. The number of piperidine rings is 1. The van der Waals surface area contributed by atoms with Crippen molar-refractivity contribution in [2.75, 3.05) is 18.4 Å². The van der Waals surface area contributed by atoms with Crippen LogP contribution in [0.3, 0.4) is 0 Å². The summed E-state index contributed by atoms with van der Waals surface area (Å²) in [5, 5.41) is 6.99. The molecule has 26 heavy (non-hydrogen) atoms. The Morgan fingerprint density at radius 3 is 2.15 bits per heavy atom. The lowest BCUT2D eigenvalue weighted by Crippen LogP contribution is -2.49. The van der Waals surface area contributed by atoms with Gasteiger partial charge in [0.05, 0.1) is 0 Å². The van der Waals surface area contributed by atoms with Crippen LogP contribution in [-0.4, -0.2) is 36.0 Å². The molecule has 0 radical (unpaired) electrons. The third-order valence-corrected chi connectivity index (χ3v) is 5.65. The first-order chi connectivity index (χ1) is 12.5. The highest BCUT2D eigenvalue weighted by atomic mass is 35.5. The van der Waals surface area contributed by atoms with Crippen LogP contribution in [0.1, 0.15) is 44.9 Å². The van der Waals surface area contributed by atoms with Gasteiger partial charge in [-0.15, -0.1) is 0 Å². The van der Waals surface area contributed by atoms with Crippen molar-refractivity contribution in [3.8, 4) is 0 Å². The Kier molecular flexibility index (Phi) is 6.65. The van der Waals surface area contributed by atoms with E-state index in [1.165, 1.54) is 19.3 Å². The summed E-state index contributed by atoms with van der Waals surface area (Å²) in [7, 11) is 0. The Bertz CT molecular complexity index is 634. The molecular formula is C19H25Cl2N3O2. The van der Waals surface area contributed by atoms with Crippen LogP contribution in [0.5, 0.6) is 0 Å². The van der Waals surface area contributed by atoms with Gasteiger partial charge in [0.15, 0.2) is 0 Å². The van der Waals surface area contributed by atoms with E-state index in [1.54, 1.807) is 18.2 Å². The number of anilines is 1. The number of urea groups is 1. The molecular weight excluding hydrogens is 373 g/mol. The average molecular weight is 398 g/mol. The molecule has 5 nitrogen and oxygen atoms in total. The molecule has 1 aromatic rings. The van der Waals surface area contributed by atoms with Crippen molar-refractivity contribution in [3.63, 3.8) is 0 Å². The van der Waals surface area contributed by atoms with E-state index in [9.17, 15) is 9.59 Å². The first kappa shape index (κ1) is 19.3. The Hall–Kier alpha value is -1.46. The molecule has 1 saturated heterocycles. The number of nitrogens with one attached hydrogen (secondary N) is 2. The van der Waals surface area contributed by atoms with Crippen LogP contribution in [0.4, 0.5) is 10.5 Å². The molecule has 0 spiro atoms. The Balaban J connectivity index is 1.46. The molecule has 0 aromatic heterocycles. The molecule has 0 atom stereocenters. The Morgan fingerprint density at radius 2 is 1.54 bits per heavy atom. The molecule has 3 amide bonds. The molecule has 2 fully saturated rings. The lowest BCUT2D eigenvalue weighted by atomic mass is 9.95. The van der Waals surface area contributed by atoms with Gasteiger partial charge in [-0.1, -0.05) is 42.5 Å². The molecule has 0 unspecified atom stereocenters. The fraction of sp³-hybridized carbons (Fsp3) is 0.579. The van der Waals surface area contributed by atoms with Gasteiger partial charge in [0.2, 0.25) is 5.91 Å². The molecule has 1 aliphatic heterocycles. The summed E-state index contributed by atoms with van der Waals surface area (Å²) in [5.74, 6) is -0.151. The molecule has 1 saturated carbocycles. The number of amides is 3. The zero-order valence-corrected chi connectivity index (χ0v) is 16.3. The number of hydrogen-bond acceptors (Lipinski definition) is 2. The van der Waals surface area contributed by atoms with E-state index in [2.05, 4.69) is 10.6 Å². The van der Waals surface area contributed by atoms with Crippen LogP contribution in [-0.2, 0) is 4.79 Å². The third kappa shape index (κ3) is 5.27. The standard InChI is InChI=1S/C19H25Cl2N3O2/c20-14-10-15(21)12-17(11-14)22-18(25)13-6-8-24(9-7-13)19(26)23-16-4-2-1-3-5-16/h10-13,16H,1-9H2,(H,22,25)(H,23,26). The molecule has 1 heterocycles. The van der Waals surface area contributed by atoms with Crippen molar-refractivity contribution >= 4 is 40.8 Å². The second-order valence-electron chi connectivity index (χ2n) is 7.19. The molecule has 142 valence electrons. The number of benzene rings is 1. The zero-order chi connectivity index (χ0) is 18.5. The second kappa shape index (κ2) is 8.96. The van der Waals surface area contributed by atoms with Crippen LogP contribution in [0.2, 0.25) is 10.0 Å². The van der Waals surface area contributed by atoms with E-state index in [0.29, 0.717) is 47.7 Å². The number of hydrogen-bond donors (Lipinski definition) is 2. The minimum atomic E-state index is -0.105. The SMILES string of the molecule is O=C(Nc1cc(Cl)cc(Cl)c1)C1CCN(C(=O)NC2CCCCC2)CC1. The lowest BCUT2D eigenvalue weighted by Gasteiger charge is -2.33. The van der Waals surface area contributed by atoms with Gasteiger partial charge in [0.1, 0.15) is 0 Å². The summed E-state index contributed by atoms with van der Waals surface area (Å²) in [6.45, 7) is 1.21. The fourth-order valence-electron chi connectivity index (χ4n) is 3.73. The maximum Gasteiger partial charge on any atom is 0.317 e. The number of carbonyl (C=O) groups is 2. The molecule has 0 bridgehead atoms. The summed E-state index contributed by atoms with van der Waals surface area (Å²) in [6.07, 6.45) is 7.14. The molecule has 2 aliphatic rings. The largest absolute Gasteiger partial charge is 0.335 e. The lowest BCUT2D eigenvalue weighted by molar-refractivity contribution is -0.121. The van der Waals surface area contributed by atoms with Gasteiger partial charge < -0.3 is 15.5 Å². The Morgan fingerprint density at radius 1 is 0.923 bits per heavy atom. The van der Waals surface area contributed by atoms with Crippen molar-refractivity contribution < 1.29 is 9.59 Å². The molecule has 7 heteroatoms. The van der Waals surface area contributed by atoms with Gasteiger partial charge in [-0.2, -0.15) is 0 Å². The van der Waals surface area contributed by atoms with Crippen LogP contribution < -0.4 is 10.6 Å². The molecule has 3 rings (SSSR count). The van der Waals surface area contributed by atoms with Crippen molar-refractivity contribution in [1.29, 1.82) is 0 Å². The minimum absolute atomic E-state index is 0.0115. The minimum Gasteiger partial charge on any atom is -0.335 e. The van der Waals surface area contributed by atoms with Gasteiger partial charge in [0, 0.05) is 40.8 Å². The highest BCUT2D eigenvalue weighted by Gasteiger charge is 2.28. The highest BCUT2D eigenvalue weighted by Crippen LogP contribution is 2.25. The van der Waals surface area contributed by atoms with Gasteiger partial charge in [0.25, 0.3) is 0 Å². The van der Waals surface area contributed by atoms with Crippen LogP contribution in [0.15, 0.2) is 18.2 Å². The van der Waals surface area contributed by atoms with Gasteiger partial charge in [-0.05, 0) is 43.9 Å². The smallest absolute Gasteiger partial charge is 0.317 e. The van der Waals surface area contributed by atoms with E-state index in [1.807, 2.05) is 4.90 Å². The maximum atomic E-state index is 12.5. The van der Waals surface area contributed by atoms with E-state index in [0.717, 1.165) is 12.8 Å². The molecule has 1 aromatic carbocycles. The average Bonchev–Trinajstić information content (AvgIpc) is 2.62. The fourth-order valence-corrected chi connectivity index (χ4v) is 4.25. The summed E-state index contributed by atoms with van der Waals surface area (Å²) < 4.78 is 0. The topological polar surface area (TPSA) is 61.4 Å². The van der Waals surface area contributed by atoms with E-state index < -0.39 is 0 Å². The van der Waals surface area contributed by atoms with Crippen LogP contribution in [0.25, 0.3) is 0 Å². The van der Waals surface area contributed by atoms with Gasteiger partial charge in [-0.3, -0.25) is 4.79 Å². The third-order valence-electron chi connectivity index (χ3n) is 5.22. The van der Waals surface area contributed by atoms with E-state index >= 15 is 0 Å². The van der Waals surface area contributed by atoms with Gasteiger partial charge >= 0.3 is 6.03 Å². The summed E-state index contributed by atoms with van der Waals surface area (Å²) >= 11 is 11.9. The number of carbonyl (C=O) groups excluding carboxylic acids is 2. The predicted octanol–water partition coefficient (Wildman–Crippen LogP) is 4.69. The Labute approximate surface area is 164 Å². The van der Waals surface area contributed by atoms with Crippen LogP contribution >= 0.6 is 23.2 Å². The van der Waals surface area contributed by atoms with Crippen molar-refractivity contribution in [2.24, 2.45) is 5.92 Å². The van der Waals surface area contributed by atoms with Crippen molar-refractivity contribution in [2.45, 2.75) is 51.0 Å². The van der Waals surface area contributed by atoms with Crippen molar-refractivity contribution in [3.05, 3.63) is 28.2 Å². The molecule has 2 N–H and O–H groups in total. The highest BCUT2D eigenvalue weighted by molar-refractivity contribution is 6.35. The normalized spacial score (nSPS) is 19.2. The van der Waals surface area contributed by atoms with E-state index in [-0.39, 0.29) is 17.9 Å². The second-order valence-corrected chi connectivity index (χ2v) is 8.07. The predicted molar refractivity (Wildman–Crippen MR) is 105 cm³/mol. The monoisotopic (exact) mass is 397 g/mol. The van der Waals surface area contributed by atoms with Crippen molar-refractivity contribution in [1.82, 2.24) is 10.2 Å². The summed E-state index contributed by atoms with van der Waals surface area (Å²) in [5.41, 5.74) is 0.602.